The highest BCUT2D eigenvalue weighted by molar-refractivity contribution is 5.76. The van der Waals surface area contributed by atoms with Gasteiger partial charge in [-0.15, -0.1) is 0 Å². The summed E-state index contributed by atoms with van der Waals surface area (Å²) in [5.41, 5.74) is 4.49. The number of aromatic amines is 1. The molecule has 1 amide bonds. The minimum atomic E-state index is -0.251. The van der Waals surface area contributed by atoms with Crippen molar-refractivity contribution >= 4 is 5.91 Å². The number of aliphatic hydroxyl groups is 1. The number of H-pyrrole nitrogens is 1. The van der Waals surface area contributed by atoms with Gasteiger partial charge in [0.1, 0.15) is 0 Å². The third-order valence-corrected chi connectivity index (χ3v) is 5.67. The first-order chi connectivity index (χ1) is 12.7. The van der Waals surface area contributed by atoms with Crippen molar-refractivity contribution in [3.63, 3.8) is 0 Å². The minimum absolute atomic E-state index is 0.0228. The Hall–Kier alpha value is -2.21. The summed E-state index contributed by atoms with van der Waals surface area (Å²) in [6.45, 7) is 0. The number of amides is 1. The number of hydrogen-bond acceptors (Lipinski definition) is 4. The molecule has 2 aliphatic rings. The second-order valence-corrected chi connectivity index (χ2v) is 7.52. The predicted molar refractivity (Wildman–Crippen MR) is 97.4 cm³/mol. The fourth-order valence-corrected chi connectivity index (χ4v) is 4.13. The van der Waals surface area contributed by atoms with Crippen molar-refractivity contribution < 1.29 is 9.90 Å². The third kappa shape index (κ3) is 3.65. The molecule has 1 fully saturated rings. The molecule has 2 heterocycles. The molecule has 0 aliphatic heterocycles. The number of aliphatic hydroxyl groups excluding tert-OH is 1. The van der Waals surface area contributed by atoms with E-state index in [1.54, 1.807) is 6.20 Å². The van der Waals surface area contributed by atoms with Crippen LogP contribution < -0.4 is 5.32 Å². The number of carbonyl (C=O) groups excluding carboxylic acids is 1. The van der Waals surface area contributed by atoms with E-state index in [2.05, 4.69) is 20.5 Å². The largest absolute Gasteiger partial charge is 0.393 e. The topological polar surface area (TPSA) is 90.9 Å². The number of carbonyl (C=O) groups is 1. The van der Waals surface area contributed by atoms with E-state index in [0.717, 1.165) is 24.2 Å². The summed E-state index contributed by atoms with van der Waals surface area (Å²) < 4.78 is 0. The molecular formula is C20H26N4O2. The Kier molecular flexibility index (Phi) is 5.02. The molecular weight excluding hydrogens is 328 g/mol. The van der Waals surface area contributed by atoms with Crippen LogP contribution in [-0.4, -0.2) is 32.3 Å². The smallest absolute Gasteiger partial charge is 0.220 e. The zero-order valence-corrected chi connectivity index (χ0v) is 14.9. The van der Waals surface area contributed by atoms with Gasteiger partial charge >= 0.3 is 0 Å². The van der Waals surface area contributed by atoms with Gasteiger partial charge in [0.15, 0.2) is 0 Å². The quantitative estimate of drug-likeness (QED) is 0.742. The van der Waals surface area contributed by atoms with Gasteiger partial charge < -0.3 is 10.4 Å². The highest BCUT2D eigenvalue weighted by Crippen LogP contribution is 2.37. The van der Waals surface area contributed by atoms with Crippen molar-refractivity contribution in [2.75, 3.05) is 0 Å². The van der Waals surface area contributed by atoms with E-state index < -0.39 is 0 Å². The summed E-state index contributed by atoms with van der Waals surface area (Å²) >= 11 is 0. The zero-order valence-electron chi connectivity index (χ0n) is 14.9. The van der Waals surface area contributed by atoms with Crippen LogP contribution in [0.2, 0.25) is 0 Å². The van der Waals surface area contributed by atoms with E-state index in [1.807, 2.05) is 18.2 Å². The van der Waals surface area contributed by atoms with Crippen molar-refractivity contribution in [1.29, 1.82) is 0 Å². The van der Waals surface area contributed by atoms with Crippen molar-refractivity contribution in [3.05, 3.63) is 47.0 Å². The second-order valence-electron chi connectivity index (χ2n) is 7.52. The molecule has 0 saturated heterocycles. The van der Waals surface area contributed by atoms with Crippen LogP contribution in [0.3, 0.4) is 0 Å². The Morgan fingerprint density at radius 3 is 2.92 bits per heavy atom. The molecule has 4 rings (SSSR count). The number of nitrogens with one attached hydrogen (secondary N) is 2. The molecule has 1 saturated carbocycles. The number of aryl methyl sites for hydroxylation is 2. The van der Waals surface area contributed by atoms with Crippen LogP contribution in [0, 0.1) is 5.92 Å². The molecule has 0 spiro atoms. The van der Waals surface area contributed by atoms with Crippen molar-refractivity contribution in [3.8, 4) is 0 Å². The maximum atomic E-state index is 12.6. The summed E-state index contributed by atoms with van der Waals surface area (Å²) in [5, 5.41) is 20.4. The van der Waals surface area contributed by atoms with E-state index in [4.69, 9.17) is 0 Å². The molecule has 6 nitrogen and oxygen atoms in total. The Bertz CT molecular complexity index is 752. The van der Waals surface area contributed by atoms with E-state index in [0.29, 0.717) is 25.7 Å². The lowest BCUT2D eigenvalue weighted by Crippen LogP contribution is -2.41. The first-order valence-corrected chi connectivity index (χ1v) is 9.64. The van der Waals surface area contributed by atoms with Gasteiger partial charge in [-0.2, -0.15) is 5.10 Å². The summed E-state index contributed by atoms with van der Waals surface area (Å²) in [5.74, 6) is 0.275. The first kappa shape index (κ1) is 17.2. The number of nitrogens with zero attached hydrogens (tertiary/aromatic N) is 2. The second kappa shape index (κ2) is 7.58. The molecule has 2 aromatic rings. The van der Waals surface area contributed by atoms with Gasteiger partial charge in [0, 0.05) is 24.7 Å². The molecule has 1 unspecified atom stereocenters. The van der Waals surface area contributed by atoms with E-state index >= 15 is 0 Å². The van der Waals surface area contributed by atoms with Crippen LogP contribution in [0.5, 0.6) is 0 Å². The standard InChI is InChI=1S/C20H26N4O2/c25-14-11-13(12-14)20(18-7-3-4-10-21-18)22-19(26)9-8-17-15-5-1-2-6-16(15)23-24-17/h3-4,7,10,13-14,20,25H,1-2,5-6,8-9,11-12H2,(H,22,26)(H,23,24). The van der Waals surface area contributed by atoms with Gasteiger partial charge in [0.2, 0.25) is 5.91 Å². The summed E-state index contributed by atoms with van der Waals surface area (Å²) in [6.07, 6.45) is 8.59. The average Bonchev–Trinajstić information content (AvgIpc) is 3.06. The Morgan fingerprint density at radius 1 is 1.31 bits per heavy atom. The molecule has 138 valence electrons. The van der Waals surface area contributed by atoms with Crippen LogP contribution in [0.4, 0.5) is 0 Å². The lowest BCUT2D eigenvalue weighted by atomic mass is 9.76. The Balaban J connectivity index is 1.38. The van der Waals surface area contributed by atoms with Gasteiger partial charge in [0.25, 0.3) is 0 Å². The number of fused-ring (bicyclic) bond motifs is 1. The van der Waals surface area contributed by atoms with Crippen molar-refractivity contribution in [1.82, 2.24) is 20.5 Å². The molecule has 0 radical (unpaired) electrons. The SMILES string of the molecule is O=C(CCc1n[nH]c2c1CCCC2)NC(c1ccccn1)C1CC(O)C1. The Morgan fingerprint density at radius 2 is 2.15 bits per heavy atom. The number of pyridine rings is 1. The maximum absolute atomic E-state index is 12.6. The van der Waals surface area contributed by atoms with Crippen molar-refractivity contribution in [2.45, 2.75) is 63.5 Å². The fourth-order valence-electron chi connectivity index (χ4n) is 4.13. The monoisotopic (exact) mass is 354 g/mol. The summed E-state index contributed by atoms with van der Waals surface area (Å²) in [4.78, 5) is 17.0. The maximum Gasteiger partial charge on any atom is 0.220 e. The van der Waals surface area contributed by atoms with Crippen LogP contribution in [0.1, 0.15) is 60.8 Å². The highest BCUT2D eigenvalue weighted by atomic mass is 16.3. The first-order valence-electron chi connectivity index (χ1n) is 9.64. The molecule has 6 heteroatoms. The molecule has 1 atom stereocenters. The van der Waals surface area contributed by atoms with Gasteiger partial charge in [-0.3, -0.25) is 14.9 Å². The predicted octanol–water partition coefficient (Wildman–Crippen LogP) is 2.24. The van der Waals surface area contributed by atoms with Gasteiger partial charge in [0.05, 0.1) is 23.5 Å². The zero-order chi connectivity index (χ0) is 17.9. The summed E-state index contributed by atoms with van der Waals surface area (Å²) in [6, 6.07) is 5.63. The Labute approximate surface area is 153 Å². The van der Waals surface area contributed by atoms with E-state index in [1.165, 1.54) is 24.1 Å². The normalized spacial score (nSPS) is 23.0. The van der Waals surface area contributed by atoms with Crippen LogP contribution in [0.25, 0.3) is 0 Å². The molecule has 2 aliphatic carbocycles. The highest BCUT2D eigenvalue weighted by Gasteiger charge is 2.36. The third-order valence-electron chi connectivity index (χ3n) is 5.67. The molecule has 2 aromatic heterocycles. The van der Waals surface area contributed by atoms with Crippen LogP contribution in [-0.2, 0) is 24.1 Å². The molecule has 3 N–H and O–H groups in total. The minimum Gasteiger partial charge on any atom is -0.393 e. The number of rotatable bonds is 6. The average molecular weight is 354 g/mol. The van der Waals surface area contributed by atoms with Gasteiger partial charge in [-0.25, -0.2) is 0 Å². The lowest BCUT2D eigenvalue weighted by molar-refractivity contribution is -0.123. The van der Waals surface area contributed by atoms with Crippen LogP contribution in [0.15, 0.2) is 24.4 Å². The molecule has 26 heavy (non-hydrogen) atoms. The van der Waals surface area contributed by atoms with Crippen LogP contribution >= 0.6 is 0 Å². The molecule has 0 bridgehead atoms. The van der Waals surface area contributed by atoms with E-state index in [9.17, 15) is 9.90 Å². The van der Waals surface area contributed by atoms with Gasteiger partial charge in [-0.1, -0.05) is 6.07 Å². The lowest BCUT2D eigenvalue weighted by Gasteiger charge is -2.37. The van der Waals surface area contributed by atoms with Gasteiger partial charge in [-0.05, 0) is 62.1 Å². The van der Waals surface area contributed by atoms with Crippen molar-refractivity contribution in [2.24, 2.45) is 5.92 Å². The fraction of sp³-hybridized carbons (Fsp3) is 0.550. The van der Waals surface area contributed by atoms with E-state index in [-0.39, 0.29) is 24.0 Å². The number of hydrogen-bond donors (Lipinski definition) is 3. The summed E-state index contributed by atoms with van der Waals surface area (Å²) in [7, 11) is 0. The number of aromatic nitrogens is 3. The molecule has 0 aromatic carbocycles.